The Balaban J connectivity index is 1.81. The van der Waals surface area contributed by atoms with Crippen LogP contribution in [0.5, 0.6) is 0 Å². The van der Waals surface area contributed by atoms with Gasteiger partial charge < -0.3 is 19.8 Å². The van der Waals surface area contributed by atoms with E-state index in [1.165, 1.54) is 0 Å². The Labute approximate surface area is 237 Å². The first-order chi connectivity index (χ1) is 18.7. The van der Waals surface area contributed by atoms with Crippen molar-refractivity contribution < 1.29 is 19.5 Å². The topological polar surface area (TPSA) is 81.2 Å². The average molecular weight is 554 g/mol. The van der Waals surface area contributed by atoms with Gasteiger partial charge in [-0.1, -0.05) is 50.6 Å². The summed E-state index contributed by atoms with van der Waals surface area (Å²) in [6, 6.07) is 8.29. The Morgan fingerprint density at radius 2 is 1.85 bits per heavy atom. The molecule has 6 atom stereocenters. The summed E-state index contributed by atoms with van der Waals surface area (Å²) in [6.07, 6.45) is 7.19. The zero-order valence-electron chi connectivity index (χ0n) is 23.6. The Morgan fingerprint density at radius 1 is 1.15 bits per heavy atom. The van der Waals surface area contributed by atoms with Crippen LogP contribution in [-0.2, 0) is 14.4 Å². The van der Waals surface area contributed by atoms with Crippen LogP contribution in [0.1, 0.15) is 52.9 Å². The second-order valence-electron chi connectivity index (χ2n) is 11.2. The van der Waals surface area contributed by atoms with E-state index in [0.717, 1.165) is 24.9 Å². The average Bonchev–Trinajstić information content (AvgIpc) is 3.51. The van der Waals surface area contributed by atoms with Crippen molar-refractivity contribution in [3.05, 3.63) is 55.6 Å². The standard InChI is InChI=1S/C31H43N3O4S/c1-6-10-20-32(18-7-2)29(38)26-31-17-16-30(5,39-31)24(25(31)28(37)34(26)22(9-4)21-35)27(36)33(19-8-3)23-14-12-11-13-15-23/h7-8,11-15,22,24-26,35H,2-3,6,9-10,16-21H2,1,4-5H3/t22-,24+,25-,26?,30-,31?/m0/s1. The molecule has 3 saturated heterocycles. The molecular weight excluding hydrogens is 510 g/mol. The quantitative estimate of drug-likeness (QED) is 0.369. The molecule has 1 N–H and O–H groups in total. The zero-order chi connectivity index (χ0) is 28.4. The van der Waals surface area contributed by atoms with Gasteiger partial charge >= 0.3 is 0 Å². The van der Waals surface area contributed by atoms with E-state index in [1.54, 1.807) is 33.7 Å². The van der Waals surface area contributed by atoms with Crippen molar-refractivity contribution in [1.82, 2.24) is 9.80 Å². The van der Waals surface area contributed by atoms with E-state index in [4.69, 9.17) is 0 Å². The number of unbranched alkanes of at least 4 members (excludes halogenated alkanes) is 1. The number of rotatable bonds is 13. The molecule has 0 saturated carbocycles. The third-order valence-electron chi connectivity index (χ3n) is 8.88. The number of hydrogen-bond acceptors (Lipinski definition) is 5. The summed E-state index contributed by atoms with van der Waals surface area (Å²) in [6.45, 7) is 14.9. The molecule has 3 fully saturated rings. The van der Waals surface area contributed by atoms with Crippen LogP contribution in [0.25, 0.3) is 0 Å². The number of aliphatic hydroxyl groups is 1. The molecule has 1 aromatic rings. The van der Waals surface area contributed by atoms with Gasteiger partial charge in [0.05, 0.1) is 29.2 Å². The predicted molar refractivity (Wildman–Crippen MR) is 157 cm³/mol. The summed E-state index contributed by atoms with van der Waals surface area (Å²) >= 11 is 1.67. The Bertz CT molecular complexity index is 1090. The molecule has 3 amide bonds. The van der Waals surface area contributed by atoms with Gasteiger partial charge in [-0.25, -0.2) is 0 Å². The second kappa shape index (κ2) is 11.9. The first-order valence-corrected chi connectivity index (χ1v) is 15.1. The van der Waals surface area contributed by atoms with Crippen LogP contribution in [0.15, 0.2) is 55.6 Å². The van der Waals surface area contributed by atoms with Crippen LogP contribution in [0.4, 0.5) is 5.69 Å². The second-order valence-corrected chi connectivity index (χ2v) is 13.1. The van der Waals surface area contributed by atoms with E-state index in [1.807, 2.05) is 42.2 Å². The normalized spacial score (nSPS) is 29.7. The van der Waals surface area contributed by atoms with Gasteiger partial charge in [0.1, 0.15) is 6.04 Å². The summed E-state index contributed by atoms with van der Waals surface area (Å²) < 4.78 is -1.18. The minimum absolute atomic E-state index is 0.0954. The lowest BCUT2D eigenvalue weighted by Crippen LogP contribution is -2.57. The molecule has 2 bridgehead atoms. The van der Waals surface area contributed by atoms with E-state index in [0.29, 0.717) is 32.5 Å². The van der Waals surface area contributed by atoms with Crippen LogP contribution < -0.4 is 4.90 Å². The van der Waals surface area contributed by atoms with Gasteiger partial charge in [-0.2, -0.15) is 0 Å². The van der Waals surface area contributed by atoms with E-state index in [-0.39, 0.29) is 24.3 Å². The van der Waals surface area contributed by atoms with Gasteiger partial charge in [-0.15, -0.1) is 24.9 Å². The zero-order valence-corrected chi connectivity index (χ0v) is 24.4. The first kappa shape index (κ1) is 29.4. The maximum absolute atomic E-state index is 14.4. The number of amides is 3. The molecule has 3 aliphatic heterocycles. The third-order valence-corrected chi connectivity index (χ3v) is 10.9. The fraction of sp³-hybridized carbons (Fsp3) is 0.581. The van der Waals surface area contributed by atoms with Crippen molar-refractivity contribution in [1.29, 1.82) is 0 Å². The summed E-state index contributed by atoms with van der Waals surface area (Å²) in [5, 5.41) is 10.3. The highest BCUT2D eigenvalue weighted by Crippen LogP contribution is 2.72. The smallest absolute Gasteiger partial charge is 0.247 e. The van der Waals surface area contributed by atoms with Gasteiger partial charge in [0.15, 0.2) is 0 Å². The molecule has 0 radical (unpaired) electrons. The number of likely N-dealkylation sites (tertiary alicyclic amines) is 1. The molecule has 7 nitrogen and oxygen atoms in total. The molecule has 0 aromatic heterocycles. The number of anilines is 1. The molecule has 1 aromatic carbocycles. The maximum Gasteiger partial charge on any atom is 0.247 e. The Morgan fingerprint density at radius 3 is 2.44 bits per heavy atom. The van der Waals surface area contributed by atoms with Gasteiger partial charge in [0.2, 0.25) is 17.7 Å². The fourth-order valence-electron chi connectivity index (χ4n) is 7.02. The van der Waals surface area contributed by atoms with Gasteiger partial charge in [-0.3, -0.25) is 14.4 Å². The number of aliphatic hydroxyl groups excluding tert-OH is 1. The van der Waals surface area contributed by atoms with Gasteiger partial charge in [-0.05, 0) is 44.7 Å². The Kier molecular flexibility index (Phi) is 8.96. The number of fused-ring (bicyclic) bond motifs is 1. The molecule has 2 unspecified atom stereocenters. The van der Waals surface area contributed by atoms with Crippen LogP contribution in [0.2, 0.25) is 0 Å². The highest BCUT2D eigenvalue weighted by atomic mass is 32.2. The van der Waals surface area contributed by atoms with Crippen molar-refractivity contribution in [2.24, 2.45) is 11.8 Å². The highest BCUT2D eigenvalue weighted by Gasteiger charge is 2.78. The van der Waals surface area contributed by atoms with Crippen LogP contribution in [-0.4, -0.2) is 80.4 Å². The van der Waals surface area contributed by atoms with Crippen molar-refractivity contribution in [3.8, 4) is 0 Å². The molecular formula is C31H43N3O4S. The minimum atomic E-state index is -0.724. The molecule has 212 valence electrons. The summed E-state index contributed by atoms with van der Waals surface area (Å²) in [5.41, 5.74) is 0.765. The van der Waals surface area contributed by atoms with Crippen LogP contribution in [0, 0.1) is 11.8 Å². The largest absolute Gasteiger partial charge is 0.394 e. The first-order valence-electron chi connectivity index (χ1n) is 14.2. The minimum Gasteiger partial charge on any atom is -0.394 e. The molecule has 8 heteroatoms. The molecule has 3 heterocycles. The highest BCUT2D eigenvalue weighted by molar-refractivity contribution is 8.02. The molecule has 1 spiro atoms. The van der Waals surface area contributed by atoms with E-state index < -0.39 is 33.4 Å². The van der Waals surface area contributed by atoms with Gasteiger partial charge in [0, 0.05) is 30.1 Å². The van der Waals surface area contributed by atoms with E-state index >= 15 is 0 Å². The maximum atomic E-state index is 14.4. The number of carbonyl (C=O) groups is 3. The van der Waals surface area contributed by atoms with Crippen molar-refractivity contribution in [2.75, 3.05) is 31.1 Å². The van der Waals surface area contributed by atoms with Crippen LogP contribution >= 0.6 is 11.8 Å². The van der Waals surface area contributed by atoms with Crippen molar-refractivity contribution in [2.45, 2.75) is 74.5 Å². The monoisotopic (exact) mass is 553 g/mol. The third kappa shape index (κ3) is 4.84. The molecule has 0 aliphatic carbocycles. The van der Waals surface area contributed by atoms with E-state index in [2.05, 4.69) is 27.0 Å². The van der Waals surface area contributed by atoms with Crippen molar-refractivity contribution >= 4 is 35.2 Å². The number of hydrogen-bond donors (Lipinski definition) is 1. The lowest BCUT2D eigenvalue weighted by atomic mass is 9.66. The lowest BCUT2D eigenvalue weighted by molar-refractivity contribution is -0.146. The fourth-order valence-corrected chi connectivity index (χ4v) is 9.35. The molecule has 39 heavy (non-hydrogen) atoms. The lowest BCUT2D eigenvalue weighted by Gasteiger charge is -2.39. The predicted octanol–water partition coefficient (Wildman–Crippen LogP) is 4.27. The van der Waals surface area contributed by atoms with E-state index in [9.17, 15) is 19.5 Å². The van der Waals surface area contributed by atoms with Gasteiger partial charge in [0.25, 0.3) is 0 Å². The Hall–Kier alpha value is -2.58. The molecule has 3 aliphatic rings. The summed E-state index contributed by atoms with van der Waals surface area (Å²) in [4.78, 5) is 48.4. The summed E-state index contributed by atoms with van der Waals surface area (Å²) in [7, 11) is 0. The number of nitrogens with zero attached hydrogens (tertiary/aromatic N) is 3. The van der Waals surface area contributed by atoms with Crippen LogP contribution in [0.3, 0.4) is 0 Å². The SMILES string of the molecule is C=CCN(CCCC)C(=O)C1N([C@@H](CC)CO)C(=O)[C@@H]2[C@H](C(=O)N(CC=C)c3ccccc3)[C@]3(C)CCC12S3. The summed E-state index contributed by atoms with van der Waals surface area (Å²) in [5.74, 6) is -1.58. The van der Waals surface area contributed by atoms with Crippen molar-refractivity contribution in [3.63, 3.8) is 0 Å². The number of benzene rings is 1. The number of carbonyl (C=O) groups excluding carboxylic acids is 3. The molecule has 4 rings (SSSR count). The number of para-hydroxylation sites is 1. The number of thioether (sulfide) groups is 1.